The van der Waals surface area contributed by atoms with Gasteiger partial charge in [-0.15, -0.1) is 0 Å². The summed E-state index contributed by atoms with van der Waals surface area (Å²) in [4.78, 5) is 11.6. The second kappa shape index (κ2) is 7.41. The Morgan fingerprint density at radius 1 is 1.40 bits per heavy atom. The van der Waals surface area contributed by atoms with Crippen molar-refractivity contribution in [1.82, 2.24) is 5.32 Å². The summed E-state index contributed by atoms with van der Waals surface area (Å²) in [5, 5.41) is 3.19. The standard InChI is InChI=1S/C16H32N2O2/c1-6-18-16(5,15(17)19)10-13(4)20-14-8-7-11(2)12(3)9-14/h11-14,18H,6-10H2,1-5H3,(H2,17,19). The number of primary amides is 1. The van der Waals surface area contributed by atoms with Crippen molar-refractivity contribution in [3.8, 4) is 0 Å². The lowest BCUT2D eigenvalue weighted by Gasteiger charge is -2.36. The minimum atomic E-state index is -0.679. The molecule has 1 aliphatic carbocycles. The van der Waals surface area contributed by atoms with Gasteiger partial charge >= 0.3 is 0 Å². The van der Waals surface area contributed by atoms with Gasteiger partial charge in [-0.1, -0.05) is 20.8 Å². The van der Waals surface area contributed by atoms with Crippen molar-refractivity contribution in [2.45, 2.75) is 78.0 Å². The zero-order chi connectivity index (χ0) is 15.3. The molecule has 1 amide bonds. The van der Waals surface area contributed by atoms with Crippen molar-refractivity contribution in [2.24, 2.45) is 17.6 Å². The predicted molar refractivity (Wildman–Crippen MR) is 82.4 cm³/mol. The van der Waals surface area contributed by atoms with Crippen LogP contribution in [0.1, 0.15) is 60.3 Å². The van der Waals surface area contributed by atoms with E-state index in [9.17, 15) is 4.79 Å². The number of nitrogens with one attached hydrogen (secondary N) is 1. The van der Waals surface area contributed by atoms with Crippen molar-refractivity contribution in [2.75, 3.05) is 6.54 Å². The fourth-order valence-corrected chi connectivity index (χ4v) is 3.22. The average molecular weight is 284 g/mol. The van der Waals surface area contributed by atoms with Crippen LogP contribution in [0, 0.1) is 11.8 Å². The highest BCUT2D eigenvalue weighted by atomic mass is 16.5. The molecule has 118 valence electrons. The number of carbonyl (C=O) groups excluding carboxylic acids is 1. The van der Waals surface area contributed by atoms with E-state index in [0.29, 0.717) is 12.5 Å². The molecule has 0 aromatic rings. The number of hydrogen-bond acceptors (Lipinski definition) is 3. The molecule has 1 saturated carbocycles. The van der Waals surface area contributed by atoms with Crippen LogP contribution in [0.15, 0.2) is 0 Å². The summed E-state index contributed by atoms with van der Waals surface area (Å²) in [5.74, 6) is 1.21. The molecule has 0 heterocycles. The minimum absolute atomic E-state index is 0.0390. The summed E-state index contributed by atoms with van der Waals surface area (Å²) in [6.07, 6.45) is 4.48. The molecule has 1 aliphatic rings. The molecule has 20 heavy (non-hydrogen) atoms. The van der Waals surface area contributed by atoms with Gasteiger partial charge in [-0.25, -0.2) is 0 Å². The molecular weight excluding hydrogens is 252 g/mol. The van der Waals surface area contributed by atoms with Gasteiger partial charge in [-0.2, -0.15) is 0 Å². The molecule has 1 rings (SSSR count). The van der Waals surface area contributed by atoms with Crippen molar-refractivity contribution in [1.29, 1.82) is 0 Å². The third-order valence-corrected chi connectivity index (χ3v) is 4.78. The van der Waals surface area contributed by atoms with E-state index in [-0.39, 0.29) is 12.0 Å². The molecule has 0 radical (unpaired) electrons. The van der Waals surface area contributed by atoms with Crippen molar-refractivity contribution in [3.63, 3.8) is 0 Å². The smallest absolute Gasteiger partial charge is 0.237 e. The van der Waals surface area contributed by atoms with Crippen LogP contribution < -0.4 is 11.1 Å². The normalized spacial score (nSPS) is 31.6. The molecule has 3 N–H and O–H groups in total. The van der Waals surface area contributed by atoms with Gasteiger partial charge < -0.3 is 15.8 Å². The SMILES string of the molecule is CCNC(C)(CC(C)OC1CCC(C)C(C)C1)C(N)=O. The van der Waals surface area contributed by atoms with Crippen LogP contribution >= 0.6 is 0 Å². The number of ether oxygens (including phenoxy) is 1. The lowest BCUT2D eigenvalue weighted by Crippen LogP contribution is -2.55. The number of nitrogens with two attached hydrogens (primary N) is 1. The van der Waals surface area contributed by atoms with E-state index in [2.05, 4.69) is 19.2 Å². The highest BCUT2D eigenvalue weighted by Crippen LogP contribution is 2.32. The van der Waals surface area contributed by atoms with Gasteiger partial charge in [0.25, 0.3) is 0 Å². The molecule has 4 nitrogen and oxygen atoms in total. The quantitative estimate of drug-likeness (QED) is 0.755. The largest absolute Gasteiger partial charge is 0.375 e. The van der Waals surface area contributed by atoms with Crippen molar-refractivity contribution in [3.05, 3.63) is 0 Å². The molecule has 0 aromatic heterocycles. The third-order valence-electron chi connectivity index (χ3n) is 4.78. The summed E-state index contributed by atoms with van der Waals surface area (Å²) in [6.45, 7) is 11.2. The molecule has 0 bridgehead atoms. The third kappa shape index (κ3) is 4.74. The number of likely N-dealkylation sites (N-methyl/N-ethyl adjacent to an activating group) is 1. The summed E-state index contributed by atoms with van der Waals surface area (Å²) in [6, 6.07) is 0. The summed E-state index contributed by atoms with van der Waals surface area (Å²) in [7, 11) is 0. The van der Waals surface area contributed by atoms with Crippen LogP contribution in [0.5, 0.6) is 0 Å². The minimum Gasteiger partial charge on any atom is -0.375 e. The lowest BCUT2D eigenvalue weighted by atomic mass is 9.80. The predicted octanol–water partition coefficient (Wildman–Crippen LogP) is 2.46. The fraction of sp³-hybridized carbons (Fsp3) is 0.938. The van der Waals surface area contributed by atoms with Crippen molar-refractivity contribution >= 4 is 5.91 Å². The monoisotopic (exact) mass is 284 g/mol. The van der Waals surface area contributed by atoms with E-state index in [1.54, 1.807) is 0 Å². The topological polar surface area (TPSA) is 64.3 Å². The van der Waals surface area contributed by atoms with Crippen LogP contribution in [0.25, 0.3) is 0 Å². The van der Waals surface area contributed by atoms with Crippen LogP contribution in [0.4, 0.5) is 0 Å². The Bertz CT molecular complexity index is 322. The second-order valence-corrected chi connectivity index (χ2v) is 6.77. The first-order valence-electron chi connectivity index (χ1n) is 7.99. The number of amides is 1. The molecule has 0 aromatic carbocycles. The highest BCUT2D eigenvalue weighted by molar-refractivity contribution is 5.84. The van der Waals surface area contributed by atoms with Gasteiger partial charge in [0.15, 0.2) is 0 Å². The highest BCUT2D eigenvalue weighted by Gasteiger charge is 2.33. The fourth-order valence-electron chi connectivity index (χ4n) is 3.22. The van der Waals surface area contributed by atoms with Gasteiger partial charge in [-0.3, -0.25) is 4.79 Å². The lowest BCUT2D eigenvalue weighted by molar-refractivity contribution is -0.126. The van der Waals surface area contributed by atoms with E-state index < -0.39 is 5.54 Å². The Morgan fingerprint density at radius 2 is 2.05 bits per heavy atom. The Labute approximate surface area is 123 Å². The number of carbonyl (C=O) groups is 1. The van der Waals surface area contributed by atoms with Gasteiger partial charge in [0.2, 0.25) is 5.91 Å². The zero-order valence-electron chi connectivity index (χ0n) is 13.7. The average Bonchev–Trinajstić information content (AvgIpc) is 2.33. The molecule has 5 atom stereocenters. The van der Waals surface area contributed by atoms with E-state index in [4.69, 9.17) is 10.5 Å². The zero-order valence-corrected chi connectivity index (χ0v) is 13.7. The van der Waals surface area contributed by atoms with Crippen LogP contribution in [0.2, 0.25) is 0 Å². The molecule has 4 heteroatoms. The van der Waals surface area contributed by atoms with Crippen LogP contribution in [0.3, 0.4) is 0 Å². The summed E-state index contributed by atoms with van der Waals surface area (Å²) in [5.41, 5.74) is 4.84. The first kappa shape index (κ1) is 17.4. The summed E-state index contributed by atoms with van der Waals surface area (Å²) >= 11 is 0. The van der Waals surface area contributed by atoms with Gasteiger partial charge in [0.05, 0.1) is 17.7 Å². The molecule has 0 saturated heterocycles. The Balaban J connectivity index is 2.50. The second-order valence-electron chi connectivity index (χ2n) is 6.77. The van der Waals surface area contributed by atoms with Crippen LogP contribution in [-0.2, 0) is 9.53 Å². The maximum Gasteiger partial charge on any atom is 0.237 e. The molecule has 1 fully saturated rings. The Hall–Kier alpha value is -0.610. The first-order valence-corrected chi connectivity index (χ1v) is 7.99. The van der Waals surface area contributed by atoms with Gasteiger partial charge in [0, 0.05) is 6.42 Å². The van der Waals surface area contributed by atoms with E-state index in [1.165, 1.54) is 6.42 Å². The first-order chi connectivity index (χ1) is 9.28. The van der Waals surface area contributed by atoms with Gasteiger partial charge in [0.1, 0.15) is 0 Å². The van der Waals surface area contributed by atoms with Gasteiger partial charge in [-0.05, 0) is 51.5 Å². The number of rotatable bonds is 7. The Morgan fingerprint density at radius 3 is 2.55 bits per heavy atom. The van der Waals surface area contributed by atoms with Crippen LogP contribution in [-0.4, -0.2) is 30.2 Å². The number of hydrogen-bond donors (Lipinski definition) is 2. The molecular formula is C16H32N2O2. The van der Waals surface area contributed by atoms with E-state index in [0.717, 1.165) is 31.2 Å². The van der Waals surface area contributed by atoms with E-state index in [1.807, 2.05) is 20.8 Å². The van der Waals surface area contributed by atoms with E-state index >= 15 is 0 Å². The maximum atomic E-state index is 11.6. The summed E-state index contributed by atoms with van der Waals surface area (Å²) < 4.78 is 6.15. The molecule has 0 aliphatic heterocycles. The molecule has 0 spiro atoms. The molecule has 5 unspecified atom stereocenters. The maximum absolute atomic E-state index is 11.6. The van der Waals surface area contributed by atoms with Crippen molar-refractivity contribution < 1.29 is 9.53 Å². The Kier molecular flexibility index (Phi) is 6.46.